The molecule has 1 aromatic carbocycles. The third kappa shape index (κ3) is 4.68. The van der Waals surface area contributed by atoms with Gasteiger partial charge in [-0.3, -0.25) is 9.69 Å². The average Bonchev–Trinajstić information content (AvgIpc) is 3.03. The number of nitrogens with zero attached hydrogens (tertiary/aromatic N) is 2. The number of para-hydroxylation sites is 1. The number of hydrogen-bond acceptors (Lipinski definition) is 5. The van der Waals surface area contributed by atoms with E-state index in [0.717, 1.165) is 9.47 Å². The Balaban J connectivity index is 1.52. The molecular formula is C16H18BrN3O3S2. The van der Waals surface area contributed by atoms with Crippen LogP contribution in [0.3, 0.4) is 0 Å². The van der Waals surface area contributed by atoms with E-state index in [1.165, 1.54) is 15.6 Å². The van der Waals surface area contributed by atoms with Crippen molar-refractivity contribution in [3.8, 4) is 0 Å². The molecule has 1 aliphatic heterocycles. The van der Waals surface area contributed by atoms with Crippen LogP contribution in [-0.2, 0) is 14.8 Å². The van der Waals surface area contributed by atoms with E-state index >= 15 is 0 Å². The lowest BCUT2D eigenvalue weighted by atomic mass is 10.3. The highest BCUT2D eigenvalue weighted by molar-refractivity contribution is 9.11. The summed E-state index contributed by atoms with van der Waals surface area (Å²) in [6.07, 6.45) is 0. The fourth-order valence-electron chi connectivity index (χ4n) is 2.62. The molecule has 0 aliphatic carbocycles. The number of piperazine rings is 1. The van der Waals surface area contributed by atoms with Crippen molar-refractivity contribution < 1.29 is 13.2 Å². The molecule has 3 rings (SSSR count). The monoisotopic (exact) mass is 443 g/mol. The first kappa shape index (κ1) is 18.5. The molecule has 0 atom stereocenters. The number of anilines is 1. The van der Waals surface area contributed by atoms with Gasteiger partial charge < -0.3 is 5.32 Å². The van der Waals surface area contributed by atoms with Gasteiger partial charge in [0.25, 0.3) is 10.0 Å². The summed E-state index contributed by atoms with van der Waals surface area (Å²) in [5.74, 6) is -0.0929. The van der Waals surface area contributed by atoms with Gasteiger partial charge in [0, 0.05) is 31.9 Å². The fraction of sp³-hybridized carbons (Fsp3) is 0.312. The minimum absolute atomic E-state index is 0.0929. The van der Waals surface area contributed by atoms with E-state index in [9.17, 15) is 13.2 Å². The van der Waals surface area contributed by atoms with Crippen molar-refractivity contribution in [2.75, 3.05) is 38.0 Å². The van der Waals surface area contributed by atoms with Gasteiger partial charge in [-0.2, -0.15) is 4.31 Å². The maximum atomic E-state index is 12.6. The highest BCUT2D eigenvalue weighted by Crippen LogP contribution is 2.28. The summed E-state index contributed by atoms with van der Waals surface area (Å²) in [4.78, 5) is 14.1. The highest BCUT2D eigenvalue weighted by Gasteiger charge is 2.30. The van der Waals surface area contributed by atoms with Gasteiger partial charge in [-0.15, -0.1) is 11.3 Å². The summed E-state index contributed by atoms with van der Waals surface area (Å²) in [6.45, 7) is 2.10. The molecular weight excluding hydrogens is 426 g/mol. The molecule has 2 aromatic rings. The molecule has 9 heteroatoms. The van der Waals surface area contributed by atoms with Crippen molar-refractivity contribution >= 4 is 48.9 Å². The van der Waals surface area contributed by atoms with Crippen molar-refractivity contribution in [1.29, 1.82) is 0 Å². The molecule has 1 aliphatic rings. The third-order valence-electron chi connectivity index (χ3n) is 3.90. The first-order valence-corrected chi connectivity index (χ1v) is 10.8. The van der Waals surface area contributed by atoms with E-state index in [4.69, 9.17) is 0 Å². The lowest BCUT2D eigenvalue weighted by molar-refractivity contribution is -0.117. The van der Waals surface area contributed by atoms with Crippen molar-refractivity contribution in [3.63, 3.8) is 0 Å². The van der Waals surface area contributed by atoms with Crippen LogP contribution in [0.15, 0.2) is 50.5 Å². The Hall–Kier alpha value is -1.26. The second-order valence-electron chi connectivity index (χ2n) is 5.65. The third-order valence-corrected chi connectivity index (χ3v) is 7.89. The van der Waals surface area contributed by atoms with Gasteiger partial charge in [-0.25, -0.2) is 8.42 Å². The van der Waals surface area contributed by atoms with E-state index < -0.39 is 10.0 Å². The average molecular weight is 444 g/mol. The zero-order valence-corrected chi connectivity index (χ0v) is 16.6. The van der Waals surface area contributed by atoms with Crippen LogP contribution in [0.1, 0.15) is 0 Å². The van der Waals surface area contributed by atoms with Gasteiger partial charge >= 0.3 is 0 Å². The molecule has 1 fully saturated rings. The van der Waals surface area contributed by atoms with Crippen LogP contribution in [0.5, 0.6) is 0 Å². The van der Waals surface area contributed by atoms with Crippen LogP contribution in [-0.4, -0.2) is 56.3 Å². The van der Waals surface area contributed by atoms with E-state index in [2.05, 4.69) is 21.2 Å². The summed E-state index contributed by atoms with van der Waals surface area (Å²) in [5, 5.41) is 2.84. The smallest absolute Gasteiger partial charge is 0.252 e. The summed E-state index contributed by atoms with van der Waals surface area (Å²) in [6, 6.07) is 12.6. The van der Waals surface area contributed by atoms with Crippen LogP contribution < -0.4 is 5.32 Å². The number of nitrogens with one attached hydrogen (secondary N) is 1. The molecule has 0 radical (unpaired) electrons. The van der Waals surface area contributed by atoms with E-state index in [0.29, 0.717) is 30.4 Å². The first-order chi connectivity index (χ1) is 11.9. The Labute approximate surface area is 159 Å². The Kier molecular flexibility index (Phi) is 5.90. The van der Waals surface area contributed by atoms with E-state index in [1.54, 1.807) is 12.1 Å². The second kappa shape index (κ2) is 7.96. The SMILES string of the molecule is O=C(CN1CCN(S(=O)(=O)c2ccc(Br)s2)CC1)Nc1ccccc1. The number of benzene rings is 1. The summed E-state index contributed by atoms with van der Waals surface area (Å²) in [5.41, 5.74) is 0.761. The fourth-order valence-corrected chi connectivity index (χ4v) is 6.20. The van der Waals surface area contributed by atoms with Crippen molar-refractivity contribution in [2.24, 2.45) is 0 Å². The van der Waals surface area contributed by atoms with Crippen LogP contribution in [0, 0.1) is 0 Å². The molecule has 1 amide bonds. The summed E-state index contributed by atoms with van der Waals surface area (Å²) < 4.78 is 27.8. The van der Waals surface area contributed by atoms with E-state index in [1.807, 2.05) is 35.2 Å². The van der Waals surface area contributed by atoms with Crippen LogP contribution in [0.4, 0.5) is 5.69 Å². The lowest BCUT2D eigenvalue weighted by Crippen LogP contribution is -2.50. The molecule has 1 saturated heterocycles. The minimum Gasteiger partial charge on any atom is -0.325 e. The number of amides is 1. The Morgan fingerprint density at radius 3 is 2.36 bits per heavy atom. The van der Waals surface area contributed by atoms with Gasteiger partial charge in [0.2, 0.25) is 5.91 Å². The normalized spacial score (nSPS) is 16.7. The van der Waals surface area contributed by atoms with Crippen LogP contribution in [0.2, 0.25) is 0 Å². The van der Waals surface area contributed by atoms with Gasteiger partial charge in [-0.1, -0.05) is 18.2 Å². The van der Waals surface area contributed by atoms with Gasteiger partial charge in [0.1, 0.15) is 4.21 Å². The minimum atomic E-state index is -3.45. The molecule has 134 valence electrons. The largest absolute Gasteiger partial charge is 0.325 e. The second-order valence-corrected chi connectivity index (χ2v) is 10.3. The number of sulfonamides is 1. The molecule has 0 bridgehead atoms. The van der Waals surface area contributed by atoms with Crippen molar-refractivity contribution in [2.45, 2.75) is 4.21 Å². The molecule has 1 aromatic heterocycles. The predicted octanol–water partition coefficient (Wildman–Crippen LogP) is 2.46. The maximum Gasteiger partial charge on any atom is 0.252 e. The maximum absolute atomic E-state index is 12.6. The number of hydrogen-bond donors (Lipinski definition) is 1. The molecule has 0 saturated carbocycles. The number of carbonyl (C=O) groups is 1. The van der Waals surface area contributed by atoms with E-state index in [-0.39, 0.29) is 12.5 Å². The van der Waals surface area contributed by atoms with Gasteiger partial charge in [-0.05, 0) is 40.2 Å². The molecule has 0 unspecified atom stereocenters. The number of carbonyl (C=O) groups excluding carboxylic acids is 1. The van der Waals surface area contributed by atoms with Gasteiger partial charge in [0.15, 0.2) is 0 Å². The predicted molar refractivity (Wildman–Crippen MR) is 102 cm³/mol. The van der Waals surface area contributed by atoms with Crippen LogP contribution >= 0.6 is 27.3 Å². The Bertz CT molecular complexity index is 831. The summed E-state index contributed by atoms with van der Waals surface area (Å²) in [7, 11) is -3.45. The quantitative estimate of drug-likeness (QED) is 0.770. The van der Waals surface area contributed by atoms with Crippen molar-refractivity contribution in [1.82, 2.24) is 9.21 Å². The Morgan fingerprint density at radius 2 is 1.76 bits per heavy atom. The zero-order chi connectivity index (χ0) is 17.9. The molecule has 25 heavy (non-hydrogen) atoms. The number of halogens is 1. The standard InChI is InChI=1S/C16H18BrN3O3S2/c17-14-6-7-16(24-14)25(22,23)20-10-8-19(9-11-20)12-15(21)18-13-4-2-1-3-5-13/h1-7H,8-12H2,(H,18,21). The zero-order valence-electron chi connectivity index (χ0n) is 13.4. The molecule has 0 spiro atoms. The number of thiophene rings is 1. The number of rotatable bonds is 5. The molecule has 2 heterocycles. The van der Waals surface area contributed by atoms with Gasteiger partial charge in [0.05, 0.1) is 10.3 Å². The van der Waals surface area contributed by atoms with Crippen LogP contribution in [0.25, 0.3) is 0 Å². The first-order valence-electron chi connectivity index (χ1n) is 7.78. The Morgan fingerprint density at radius 1 is 1.08 bits per heavy atom. The summed E-state index contributed by atoms with van der Waals surface area (Å²) >= 11 is 4.51. The highest BCUT2D eigenvalue weighted by atomic mass is 79.9. The molecule has 1 N–H and O–H groups in total. The lowest BCUT2D eigenvalue weighted by Gasteiger charge is -2.33. The van der Waals surface area contributed by atoms with Crippen molar-refractivity contribution in [3.05, 3.63) is 46.3 Å². The molecule has 6 nitrogen and oxygen atoms in total. The topological polar surface area (TPSA) is 69.7 Å².